The molecule has 0 aliphatic carbocycles. The molecule has 1 aromatic carbocycles. The summed E-state index contributed by atoms with van der Waals surface area (Å²) >= 11 is 1.61. The minimum Gasteiger partial charge on any atom is -0.336 e. The topological polar surface area (TPSA) is 70.6 Å². The molecule has 0 saturated carbocycles. The maximum Gasteiger partial charge on any atom is 0.226 e. The fourth-order valence-electron chi connectivity index (χ4n) is 3.15. The molecule has 1 unspecified atom stereocenters. The molecule has 2 aromatic rings. The van der Waals surface area contributed by atoms with E-state index in [1.165, 1.54) is 10.6 Å². The van der Waals surface area contributed by atoms with Crippen molar-refractivity contribution in [3.63, 3.8) is 0 Å². The van der Waals surface area contributed by atoms with Gasteiger partial charge in [-0.2, -0.15) is 0 Å². The zero-order chi connectivity index (χ0) is 18.2. The lowest BCUT2D eigenvalue weighted by Gasteiger charge is -2.33. The summed E-state index contributed by atoms with van der Waals surface area (Å²) in [6.45, 7) is 2.82. The predicted octanol–water partition coefficient (Wildman–Crippen LogP) is 2.49. The van der Waals surface area contributed by atoms with Crippen molar-refractivity contribution in [1.82, 2.24) is 14.2 Å². The number of fused-ring (bicyclic) bond motifs is 1. The number of rotatable bonds is 4. The van der Waals surface area contributed by atoms with Gasteiger partial charge in [0, 0.05) is 26.1 Å². The lowest BCUT2D eigenvalue weighted by Crippen LogP contribution is -2.43. The van der Waals surface area contributed by atoms with Gasteiger partial charge in [0.1, 0.15) is 5.01 Å². The molecule has 0 bridgehead atoms. The summed E-state index contributed by atoms with van der Waals surface area (Å²) in [6.07, 6.45) is 2.36. The van der Waals surface area contributed by atoms with Crippen molar-refractivity contribution in [3.8, 4) is 0 Å². The fraction of sp³-hybridized carbons (Fsp3) is 0.529. The molecule has 1 aliphatic rings. The van der Waals surface area contributed by atoms with Gasteiger partial charge in [0.2, 0.25) is 15.9 Å². The molecule has 1 aliphatic heterocycles. The lowest BCUT2D eigenvalue weighted by molar-refractivity contribution is -0.137. The Bertz CT molecular complexity index is 837. The van der Waals surface area contributed by atoms with Crippen molar-refractivity contribution >= 4 is 37.5 Å². The zero-order valence-electron chi connectivity index (χ0n) is 14.7. The number of hydrogen-bond donors (Lipinski definition) is 0. The third-order valence-electron chi connectivity index (χ3n) is 4.87. The molecule has 0 radical (unpaired) electrons. The number of piperidine rings is 1. The second-order valence-corrected chi connectivity index (χ2v) is 9.63. The zero-order valence-corrected chi connectivity index (χ0v) is 16.3. The fourth-order valence-corrected chi connectivity index (χ4v) is 5.08. The van der Waals surface area contributed by atoms with E-state index in [4.69, 9.17) is 0 Å². The van der Waals surface area contributed by atoms with Crippen LogP contribution < -0.4 is 0 Å². The molecule has 0 N–H and O–H groups in total. The van der Waals surface area contributed by atoms with Gasteiger partial charge in [0.15, 0.2) is 0 Å². The number of sulfonamides is 1. The van der Waals surface area contributed by atoms with Crippen LogP contribution in [0.3, 0.4) is 0 Å². The van der Waals surface area contributed by atoms with Gasteiger partial charge in [-0.15, -0.1) is 11.3 Å². The van der Waals surface area contributed by atoms with E-state index in [0.717, 1.165) is 15.2 Å². The molecule has 25 heavy (non-hydrogen) atoms. The quantitative estimate of drug-likeness (QED) is 0.816. The molecular formula is C17H23N3O3S2. The number of nitrogens with zero attached hydrogens (tertiary/aromatic N) is 3. The van der Waals surface area contributed by atoms with Crippen LogP contribution in [-0.4, -0.2) is 54.9 Å². The minimum absolute atomic E-state index is 0.0694. The second kappa shape index (κ2) is 7.01. The van der Waals surface area contributed by atoms with Crippen LogP contribution in [0.1, 0.15) is 30.8 Å². The first-order chi connectivity index (χ1) is 11.8. The Labute approximate surface area is 152 Å². The lowest BCUT2D eigenvalue weighted by atomic mass is 9.96. The molecule has 136 valence electrons. The van der Waals surface area contributed by atoms with E-state index in [1.807, 2.05) is 38.2 Å². The number of aromatic nitrogens is 1. The van der Waals surface area contributed by atoms with E-state index in [9.17, 15) is 13.2 Å². The van der Waals surface area contributed by atoms with E-state index in [-0.39, 0.29) is 17.9 Å². The Morgan fingerprint density at radius 1 is 1.32 bits per heavy atom. The predicted molar refractivity (Wildman–Crippen MR) is 99.9 cm³/mol. The SMILES string of the molecule is CC(c1nc2ccccc2s1)N(C)C(=O)C1CCN(S(C)(=O)=O)CC1. The molecule has 8 heteroatoms. The summed E-state index contributed by atoms with van der Waals surface area (Å²) in [6, 6.07) is 7.86. The first-order valence-corrected chi connectivity index (χ1v) is 11.0. The van der Waals surface area contributed by atoms with Crippen LogP contribution >= 0.6 is 11.3 Å². The van der Waals surface area contributed by atoms with Crippen molar-refractivity contribution in [2.24, 2.45) is 5.92 Å². The van der Waals surface area contributed by atoms with Gasteiger partial charge in [-0.25, -0.2) is 17.7 Å². The van der Waals surface area contributed by atoms with Crippen LogP contribution in [0, 0.1) is 5.92 Å². The molecule has 1 aromatic heterocycles. The smallest absolute Gasteiger partial charge is 0.226 e. The molecular weight excluding hydrogens is 358 g/mol. The van der Waals surface area contributed by atoms with Crippen LogP contribution in [-0.2, 0) is 14.8 Å². The highest BCUT2D eigenvalue weighted by Gasteiger charge is 2.32. The van der Waals surface area contributed by atoms with Crippen molar-refractivity contribution in [2.75, 3.05) is 26.4 Å². The number of amides is 1. The van der Waals surface area contributed by atoms with E-state index >= 15 is 0 Å². The van der Waals surface area contributed by atoms with Crippen molar-refractivity contribution in [3.05, 3.63) is 29.3 Å². The number of thiazole rings is 1. The standard InChI is InChI=1S/C17H23N3O3S2/c1-12(16-18-14-6-4-5-7-15(14)24-16)19(2)17(21)13-8-10-20(11-9-13)25(3,22)23/h4-7,12-13H,8-11H2,1-3H3. The largest absolute Gasteiger partial charge is 0.336 e. The van der Waals surface area contributed by atoms with Gasteiger partial charge in [0.25, 0.3) is 0 Å². The third-order valence-corrected chi connectivity index (χ3v) is 7.38. The molecule has 6 nitrogen and oxygen atoms in total. The van der Waals surface area contributed by atoms with Crippen molar-refractivity contribution in [1.29, 1.82) is 0 Å². The van der Waals surface area contributed by atoms with Crippen molar-refractivity contribution < 1.29 is 13.2 Å². The molecule has 3 rings (SSSR count). The Balaban J connectivity index is 1.68. The average molecular weight is 382 g/mol. The van der Waals surface area contributed by atoms with E-state index in [1.54, 1.807) is 16.2 Å². The molecule has 0 spiro atoms. The van der Waals surface area contributed by atoms with Gasteiger partial charge >= 0.3 is 0 Å². The molecule has 1 amide bonds. The maximum absolute atomic E-state index is 12.8. The van der Waals surface area contributed by atoms with E-state index in [2.05, 4.69) is 4.98 Å². The number of benzene rings is 1. The Kier molecular flexibility index (Phi) is 5.13. The van der Waals surface area contributed by atoms with Gasteiger partial charge in [0.05, 0.1) is 22.5 Å². The minimum atomic E-state index is -3.17. The highest BCUT2D eigenvalue weighted by molar-refractivity contribution is 7.88. The summed E-state index contributed by atoms with van der Waals surface area (Å²) in [7, 11) is -1.36. The summed E-state index contributed by atoms with van der Waals surface area (Å²) < 4.78 is 25.8. The first-order valence-electron chi connectivity index (χ1n) is 8.34. The highest BCUT2D eigenvalue weighted by Crippen LogP contribution is 2.30. The maximum atomic E-state index is 12.8. The number of para-hydroxylation sites is 1. The number of carbonyl (C=O) groups excluding carboxylic acids is 1. The first kappa shape index (κ1) is 18.3. The third kappa shape index (κ3) is 3.86. The van der Waals surface area contributed by atoms with Gasteiger partial charge < -0.3 is 4.90 Å². The number of hydrogen-bond acceptors (Lipinski definition) is 5. The van der Waals surface area contributed by atoms with Gasteiger partial charge in [-0.1, -0.05) is 12.1 Å². The number of carbonyl (C=O) groups is 1. The highest BCUT2D eigenvalue weighted by atomic mass is 32.2. The van der Waals surface area contributed by atoms with E-state index in [0.29, 0.717) is 25.9 Å². The normalized spacial score (nSPS) is 18.4. The Hall–Kier alpha value is -1.51. The Morgan fingerprint density at radius 3 is 2.56 bits per heavy atom. The van der Waals surface area contributed by atoms with Crippen LogP contribution in [0.2, 0.25) is 0 Å². The van der Waals surface area contributed by atoms with Gasteiger partial charge in [-0.05, 0) is 31.9 Å². The molecule has 1 saturated heterocycles. The van der Waals surface area contributed by atoms with Gasteiger partial charge in [-0.3, -0.25) is 4.79 Å². The summed E-state index contributed by atoms with van der Waals surface area (Å²) in [4.78, 5) is 19.2. The Morgan fingerprint density at radius 2 is 1.96 bits per heavy atom. The molecule has 2 heterocycles. The summed E-state index contributed by atoms with van der Waals surface area (Å²) in [5.41, 5.74) is 0.955. The van der Waals surface area contributed by atoms with Crippen LogP contribution in [0.5, 0.6) is 0 Å². The van der Waals surface area contributed by atoms with Crippen LogP contribution in [0.15, 0.2) is 24.3 Å². The summed E-state index contributed by atoms with van der Waals surface area (Å²) in [5.74, 6) is -0.0558. The van der Waals surface area contributed by atoms with Crippen molar-refractivity contribution in [2.45, 2.75) is 25.8 Å². The summed E-state index contributed by atoms with van der Waals surface area (Å²) in [5, 5.41) is 0.922. The second-order valence-electron chi connectivity index (χ2n) is 6.58. The van der Waals surface area contributed by atoms with Crippen LogP contribution in [0.25, 0.3) is 10.2 Å². The average Bonchev–Trinajstić information content (AvgIpc) is 3.03. The monoisotopic (exact) mass is 381 g/mol. The van der Waals surface area contributed by atoms with E-state index < -0.39 is 10.0 Å². The molecule has 1 atom stereocenters. The van der Waals surface area contributed by atoms with Crippen LogP contribution in [0.4, 0.5) is 0 Å². The molecule has 1 fully saturated rings.